The highest BCUT2D eigenvalue weighted by Crippen LogP contribution is 2.39. The molecule has 0 saturated heterocycles. The Morgan fingerprint density at radius 3 is 1.60 bits per heavy atom. The van der Waals surface area contributed by atoms with Crippen LogP contribution in [0.2, 0.25) is 0 Å². The second kappa shape index (κ2) is 9.23. The van der Waals surface area contributed by atoms with Crippen LogP contribution in [0.3, 0.4) is 0 Å². The van der Waals surface area contributed by atoms with Gasteiger partial charge >= 0.3 is 0 Å². The largest absolute Gasteiger partial charge is 0.392 e. The molecule has 0 heterocycles. The Labute approximate surface area is 158 Å². The lowest BCUT2D eigenvalue weighted by Crippen LogP contribution is -2.28. The highest BCUT2D eigenvalue weighted by atomic mass is 32.2. The Balaban J connectivity index is 3.35. The molecule has 1 rings (SSSR count). The minimum atomic E-state index is -0.597. The molecule has 0 amide bonds. The molecule has 0 saturated carbocycles. The van der Waals surface area contributed by atoms with Crippen molar-refractivity contribution < 1.29 is 9.90 Å². The molecule has 142 valence electrons. The number of hydrogen-bond donors (Lipinski definition) is 1. The van der Waals surface area contributed by atoms with E-state index in [9.17, 15) is 9.90 Å². The van der Waals surface area contributed by atoms with Crippen molar-refractivity contribution in [3.8, 4) is 0 Å². The zero-order valence-corrected chi connectivity index (χ0v) is 18.2. The van der Waals surface area contributed by atoms with E-state index in [1.807, 2.05) is 20.8 Å². The predicted molar refractivity (Wildman–Crippen MR) is 110 cm³/mol. The summed E-state index contributed by atoms with van der Waals surface area (Å²) in [6.07, 6.45) is -0.597. The summed E-state index contributed by atoms with van der Waals surface area (Å²) >= 11 is 1.33. The van der Waals surface area contributed by atoms with Crippen molar-refractivity contribution in [2.75, 3.05) is 0 Å². The molecule has 3 heteroatoms. The van der Waals surface area contributed by atoms with E-state index in [2.05, 4.69) is 53.7 Å². The number of thioether (sulfide) groups is 1. The van der Waals surface area contributed by atoms with Crippen LogP contribution < -0.4 is 0 Å². The smallest absolute Gasteiger partial charge is 0.199 e. The van der Waals surface area contributed by atoms with Crippen molar-refractivity contribution in [1.82, 2.24) is 0 Å². The van der Waals surface area contributed by atoms with Gasteiger partial charge in [-0.25, -0.2) is 0 Å². The van der Waals surface area contributed by atoms with Crippen LogP contribution in [0.1, 0.15) is 96.8 Å². The standard InChI is InChI=1S/C22H36O2S/c1-12(2)17-10-18(13(3)4)21(19(11-17)14(5)6)25-22(24)16(9)20(23)15(7)8/h10-16,20,23H,1-9H3/t16-,20+/m0/s1. The van der Waals surface area contributed by atoms with Gasteiger partial charge < -0.3 is 5.11 Å². The van der Waals surface area contributed by atoms with E-state index in [0.717, 1.165) is 4.90 Å². The van der Waals surface area contributed by atoms with Crippen LogP contribution in [0.25, 0.3) is 0 Å². The van der Waals surface area contributed by atoms with E-state index in [1.54, 1.807) is 0 Å². The molecule has 0 aromatic heterocycles. The fourth-order valence-corrected chi connectivity index (χ4v) is 4.27. The van der Waals surface area contributed by atoms with Crippen LogP contribution in [0.15, 0.2) is 17.0 Å². The summed E-state index contributed by atoms with van der Waals surface area (Å²) in [7, 11) is 0. The third-order valence-electron chi connectivity index (χ3n) is 4.85. The Bertz CT molecular complexity index is 559. The fraction of sp³-hybridized carbons (Fsp3) is 0.682. The number of hydrogen-bond acceptors (Lipinski definition) is 3. The van der Waals surface area contributed by atoms with Gasteiger partial charge in [0, 0.05) is 4.90 Å². The molecule has 2 nitrogen and oxygen atoms in total. The first kappa shape index (κ1) is 22.2. The lowest BCUT2D eigenvalue weighted by Gasteiger charge is -2.24. The first-order chi connectivity index (χ1) is 11.5. The first-order valence-corrected chi connectivity index (χ1v) is 10.4. The molecule has 25 heavy (non-hydrogen) atoms. The Kier molecular flexibility index (Phi) is 8.21. The van der Waals surface area contributed by atoms with Crippen LogP contribution in [0, 0.1) is 11.8 Å². The molecular formula is C22H36O2S. The van der Waals surface area contributed by atoms with Crippen molar-refractivity contribution in [2.24, 2.45) is 11.8 Å². The Hall–Kier alpha value is -0.800. The Morgan fingerprint density at radius 2 is 1.28 bits per heavy atom. The van der Waals surface area contributed by atoms with Crippen molar-refractivity contribution in [2.45, 2.75) is 91.1 Å². The molecule has 0 aliphatic heterocycles. The molecule has 0 unspecified atom stereocenters. The number of aliphatic hydroxyl groups is 1. The molecule has 1 aromatic carbocycles. The minimum Gasteiger partial charge on any atom is -0.392 e. The molecule has 0 aliphatic carbocycles. The first-order valence-electron chi connectivity index (χ1n) is 9.54. The summed E-state index contributed by atoms with van der Waals surface area (Å²) in [4.78, 5) is 13.9. The van der Waals surface area contributed by atoms with Gasteiger partial charge in [0.1, 0.15) is 0 Å². The molecule has 1 N–H and O–H groups in total. The molecule has 0 spiro atoms. The molecule has 0 radical (unpaired) electrons. The van der Waals surface area contributed by atoms with E-state index in [4.69, 9.17) is 0 Å². The normalized spacial score (nSPS) is 14.6. The van der Waals surface area contributed by atoms with E-state index >= 15 is 0 Å². The van der Waals surface area contributed by atoms with Crippen molar-refractivity contribution in [3.63, 3.8) is 0 Å². The summed E-state index contributed by atoms with van der Waals surface area (Å²) in [5.41, 5.74) is 3.83. The number of rotatable bonds is 7. The maximum atomic E-state index is 12.8. The highest BCUT2D eigenvalue weighted by molar-refractivity contribution is 8.13. The highest BCUT2D eigenvalue weighted by Gasteiger charge is 2.27. The van der Waals surface area contributed by atoms with E-state index < -0.39 is 6.10 Å². The van der Waals surface area contributed by atoms with Gasteiger partial charge in [-0.15, -0.1) is 0 Å². The van der Waals surface area contributed by atoms with Crippen LogP contribution >= 0.6 is 11.8 Å². The zero-order valence-electron chi connectivity index (χ0n) is 17.4. The second-order valence-corrected chi connectivity index (χ2v) is 9.45. The quantitative estimate of drug-likeness (QED) is 0.574. The topological polar surface area (TPSA) is 37.3 Å². The molecule has 0 bridgehead atoms. The third kappa shape index (κ3) is 5.59. The summed E-state index contributed by atoms with van der Waals surface area (Å²) in [5.74, 6) is 0.895. The van der Waals surface area contributed by atoms with Gasteiger partial charge in [-0.05, 0) is 40.4 Å². The monoisotopic (exact) mass is 364 g/mol. The number of carbonyl (C=O) groups is 1. The third-order valence-corrected chi connectivity index (χ3v) is 6.10. The molecular weight excluding hydrogens is 328 g/mol. The summed E-state index contributed by atoms with van der Waals surface area (Å²) in [6.45, 7) is 18.9. The second-order valence-electron chi connectivity index (χ2n) is 8.44. The molecule has 0 fully saturated rings. The van der Waals surface area contributed by atoms with Crippen LogP contribution in [0.4, 0.5) is 0 Å². The predicted octanol–water partition coefficient (Wildman–Crippen LogP) is 6.33. The fourth-order valence-electron chi connectivity index (χ4n) is 2.92. The maximum Gasteiger partial charge on any atom is 0.199 e. The van der Waals surface area contributed by atoms with Gasteiger partial charge in [0.05, 0.1) is 12.0 Å². The zero-order chi connectivity index (χ0) is 19.5. The van der Waals surface area contributed by atoms with Gasteiger partial charge in [-0.2, -0.15) is 0 Å². The average molecular weight is 365 g/mol. The lowest BCUT2D eigenvalue weighted by atomic mass is 9.89. The molecule has 2 atom stereocenters. The number of carbonyl (C=O) groups excluding carboxylic acids is 1. The SMILES string of the molecule is CC(C)c1cc(C(C)C)c(SC(=O)[C@@H](C)[C@H](O)C(C)C)c(C(C)C)c1. The van der Waals surface area contributed by atoms with Gasteiger partial charge in [0.2, 0.25) is 0 Å². The Morgan fingerprint density at radius 1 is 0.840 bits per heavy atom. The van der Waals surface area contributed by atoms with Gasteiger partial charge in [-0.1, -0.05) is 86.2 Å². The molecule has 1 aromatic rings. The van der Waals surface area contributed by atoms with Crippen molar-refractivity contribution in [3.05, 3.63) is 28.8 Å². The minimum absolute atomic E-state index is 0.0577. The summed E-state index contributed by atoms with van der Waals surface area (Å²) in [6, 6.07) is 4.53. The number of benzene rings is 1. The summed E-state index contributed by atoms with van der Waals surface area (Å²) < 4.78 is 0. The van der Waals surface area contributed by atoms with Crippen molar-refractivity contribution >= 4 is 16.9 Å². The summed E-state index contributed by atoms with van der Waals surface area (Å²) in [5, 5.41) is 10.3. The van der Waals surface area contributed by atoms with Gasteiger partial charge in [-0.3, -0.25) is 4.79 Å². The van der Waals surface area contributed by atoms with Gasteiger partial charge in [0.15, 0.2) is 5.12 Å². The van der Waals surface area contributed by atoms with Crippen LogP contribution in [0.5, 0.6) is 0 Å². The molecule has 0 aliphatic rings. The van der Waals surface area contributed by atoms with Crippen molar-refractivity contribution in [1.29, 1.82) is 0 Å². The van der Waals surface area contributed by atoms with Gasteiger partial charge in [0.25, 0.3) is 0 Å². The van der Waals surface area contributed by atoms with Crippen LogP contribution in [-0.2, 0) is 4.79 Å². The lowest BCUT2D eigenvalue weighted by molar-refractivity contribution is -0.117. The van der Waals surface area contributed by atoms with Crippen LogP contribution in [-0.4, -0.2) is 16.3 Å². The van der Waals surface area contributed by atoms with E-state index in [-0.39, 0.29) is 17.0 Å². The maximum absolute atomic E-state index is 12.8. The average Bonchev–Trinajstić information content (AvgIpc) is 2.52. The van der Waals surface area contributed by atoms with E-state index in [1.165, 1.54) is 28.5 Å². The number of aliphatic hydroxyl groups excluding tert-OH is 1. The van der Waals surface area contributed by atoms with E-state index in [0.29, 0.717) is 17.8 Å².